The average molecular weight is 689 g/mol. The molecule has 2 heterocycles. The van der Waals surface area contributed by atoms with Gasteiger partial charge in [0.25, 0.3) is 0 Å². The Morgan fingerprint density at radius 2 is 1.10 bits per heavy atom. The molecule has 48 heavy (non-hydrogen) atoms. The summed E-state index contributed by atoms with van der Waals surface area (Å²) in [5.74, 6) is 5.40. The predicted molar refractivity (Wildman–Crippen MR) is 209 cm³/mol. The van der Waals surface area contributed by atoms with Crippen molar-refractivity contribution in [2.45, 2.75) is 153 Å². The minimum Gasteiger partial charge on any atom is -0.316 e. The van der Waals surface area contributed by atoms with Crippen LogP contribution in [0.3, 0.4) is 0 Å². The van der Waals surface area contributed by atoms with E-state index in [1.165, 1.54) is 70.9 Å². The highest BCUT2D eigenvalue weighted by Crippen LogP contribution is 2.84. The second-order valence-corrected chi connectivity index (χ2v) is 26.0. The summed E-state index contributed by atoms with van der Waals surface area (Å²) in [7, 11) is 3.44. The van der Waals surface area contributed by atoms with E-state index in [0.29, 0.717) is 43.8 Å². The summed E-state index contributed by atoms with van der Waals surface area (Å²) in [6.45, 7) is 20.7. The van der Waals surface area contributed by atoms with Gasteiger partial charge in [0.2, 0.25) is 0 Å². The zero-order valence-corrected chi connectivity index (χ0v) is 33.8. The quantitative estimate of drug-likeness (QED) is 0.279. The van der Waals surface area contributed by atoms with Gasteiger partial charge in [-0.2, -0.15) is 0 Å². The number of rotatable bonds is 7. The number of nitrogens with one attached hydrogen (secondary N) is 2. The zero-order valence-electron chi connectivity index (χ0n) is 31.7. The second kappa shape index (κ2) is 11.3. The van der Waals surface area contributed by atoms with Gasteiger partial charge in [-0.15, -0.1) is 9.24 Å². The molecule has 266 valence electrons. The summed E-state index contributed by atoms with van der Waals surface area (Å²) in [6, 6.07) is 10.2. The Bertz CT molecular complexity index is 1280. The van der Waals surface area contributed by atoms with E-state index in [1.807, 2.05) is 0 Å². The summed E-state index contributed by atoms with van der Waals surface area (Å²) >= 11 is 0. The van der Waals surface area contributed by atoms with Crippen LogP contribution in [0.5, 0.6) is 0 Å². The van der Waals surface area contributed by atoms with Gasteiger partial charge in [0, 0.05) is 5.16 Å². The molecule has 2 N–H and O–H groups in total. The largest absolute Gasteiger partial charge is 0.316 e. The molecule has 1 aromatic rings. The third kappa shape index (κ3) is 4.96. The van der Waals surface area contributed by atoms with Crippen LogP contribution in [-0.2, 0) is 11.3 Å². The fourth-order valence-electron chi connectivity index (χ4n) is 15.8. The van der Waals surface area contributed by atoms with E-state index in [2.05, 4.69) is 85.7 Å². The van der Waals surface area contributed by atoms with Crippen molar-refractivity contribution in [3.63, 3.8) is 0 Å². The number of benzene rings is 1. The normalized spacial score (nSPS) is 46.7. The lowest BCUT2D eigenvalue weighted by Gasteiger charge is -2.74. The summed E-state index contributed by atoms with van der Waals surface area (Å²) in [5, 5.41) is 9.00. The van der Waals surface area contributed by atoms with Crippen LogP contribution < -0.4 is 10.6 Å². The molecule has 0 aromatic heterocycles. The molecule has 8 bridgehead atoms. The molecule has 4 heteroatoms. The van der Waals surface area contributed by atoms with E-state index in [9.17, 15) is 0 Å². The van der Waals surface area contributed by atoms with E-state index >= 15 is 0 Å². The Balaban J connectivity index is 1.19. The molecule has 0 radical (unpaired) electrons. The van der Waals surface area contributed by atoms with Crippen molar-refractivity contribution in [3.05, 3.63) is 35.4 Å². The highest BCUT2D eigenvalue weighted by molar-refractivity contribution is 7.60. The Morgan fingerprint density at radius 3 is 1.50 bits per heavy atom. The Kier molecular flexibility index (Phi) is 7.93. The van der Waals surface area contributed by atoms with Gasteiger partial charge in [0.15, 0.2) is 0 Å². The van der Waals surface area contributed by atoms with Gasteiger partial charge >= 0.3 is 0 Å². The van der Waals surface area contributed by atoms with Crippen LogP contribution in [0, 0.1) is 57.2 Å². The van der Waals surface area contributed by atoms with Crippen molar-refractivity contribution >= 4 is 17.2 Å². The van der Waals surface area contributed by atoms with Crippen LogP contribution in [-0.4, -0.2) is 36.5 Å². The third-order valence-electron chi connectivity index (χ3n) is 17.7. The smallest absolute Gasteiger partial charge is 0.0181 e. The molecule has 8 aliphatic carbocycles. The summed E-state index contributed by atoms with van der Waals surface area (Å²) in [6.07, 6.45) is 22.8. The average Bonchev–Trinajstić information content (AvgIpc) is 3.73. The number of hydrogen-bond acceptors (Lipinski definition) is 2. The standard InChI is InChI=1S/C44H70N2P2/c1-38(2,3)40-17-30-15-31(18-40)22-42(21-30,28-40)48(43-23-32-16-33(24-43)20-41(19-32,29-43)39(4,5)6)27-34-9-7-8-10-37(34)44(47,35-11-13-45-25-35)36-12-14-46-26-36/h7-10,30-33,35-36,45-46H,11-29,47H2,1-6H3. The molecule has 7 atom stereocenters. The van der Waals surface area contributed by atoms with Gasteiger partial charge in [-0.25, -0.2) is 0 Å². The van der Waals surface area contributed by atoms with Gasteiger partial charge in [-0.1, -0.05) is 73.7 Å². The molecular weight excluding hydrogens is 618 g/mol. The van der Waals surface area contributed by atoms with Gasteiger partial charge in [-0.05, 0) is 201 Å². The molecule has 2 aliphatic heterocycles. The molecular formula is C44H70N2P2. The molecule has 2 saturated heterocycles. The van der Waals surface area contributed by atoms with E-state index in [1.54, 1.807) is 62.5 Å². The molecule has 2 nitrogen and oxygen atoms in total. The van der Waals surface area contributed by atoms with Crippen LogP contribution in [0.2, 0.25) is 0 Å². The minimum atomic E-state index is -0.171. The first-order valence-corrected chi connectivity index (χ1v) is 22.9. The first kappa shape index (κ1) is 33.8. The predicted octanol–water partition coefficient (Wildman–Crippen LogP) is 10.7. The van der Waals surface area contributed by atoms with E-state index in [-0.39, 0.29) is 13.1 Å². The van der Waals surface area contributed by atoms with Crippen LogP contribution >= 0.6 is 17.2 Å². The van der Waals surface area contributed by atoms with E-state index in [0.717, 1.165) is 23.7 Å². The van der Waals surface area contributed by atoms with Crippen LogP contribution in [0.15, 0.2) is 24.3 Å². The number of hydrogen-bond donors (Lipinski definition) is 2. The van der Waals surface area contributed by atoms with Crippen LogP contribution in [0.4, 0.5) is 0 Å². The molecule has 0 spiro atoms. The van der Waals surface area contributed by atoms with Crippen LogP contribution in [0.1, 0.15) is 143 Å². The lowest BCUT2D eigenvalue weighted by molar-refractivity contribution is -0.113. The maximum Gasteiger partial charge on any atom is 0.0181 e. The Hall–Kier alpha value is -0.0000000000000000416. The monoisotopic (exact) mass is 689 g/mol. The zero-order chi connectivity index (χ0) is 33.4. The maximum atomic E-state index is 3.82. The second-order valence-electron chi connectivity index (χ2n) is 22.0. The summed E-state index contributed by atoms with van der Waals surface area (Å²) in [5.41, 5.74) is 5.51. The lowest BCUT2D eigenvalue weighted by atomic mass is 9.43. The first-order chi connectivity index (χ1) is 22.7. The van der Waals surface area contributed by atoms with Crippen molar-refractivity contribution in [3.8, 4) is 0 Å². The highest BCUT2D eigenvalue weighted by Gasteiger charge is 2.69. The first-order valence-electron chi connectivity index (χ1n) is 20.7. The summed E-state index contributed by atoms with van der Waals surface area (Å²) < 4.78 is 0. The Labute approximate surface area is 298 Å². The molecule has 7 unspecified atom stereocenters. The molecule has 8 saturated carbocycles. The topological polar surface area (TPSA) is 24.1 Å². The van der Waals surface area contributed by atoms with Crippen molar-refractivity contribution in [1.29, 1.82) is 0 Å². The van der Waals surface area contributed by atoms with Crippen molar-refractivity contribution in [2.75, 3.05) is 26.2 Å². The highest BCUT2D eigenvalue weighted by atomic mass is 31.1. The SMILES string of the molecule is CC(C)(C)C12CC3CC(CC(P(Cc4ccccc4C(P)(C4CCNC4)C4CCNC4)C45CC6CC(C4)CC(C(C)(C)C)(C6)C5)(C3)C1)C2. The molecule has 1 aromatic carbocycles. The summed E-state index contributed by atoms with van der Waals surface area (Å²) in [4.78, 5) is 0. The third-order valence-corrected chi connectivity index (χ3v) is 22.9. The fraction of sp³-hybridized carbons (Fsp3) is 0.864. The molecule has 11 rings (SSSR count). The van der Waals surface area contributed by atoms with Gasteiger partial charge in [-0.3, -0.25) is 0 Å². The molecule has 0 amide bonds. The van der Waals surface area contributed by atoms with Crippen molar-refractivity contribution in [2.24, 2.45) is 57.2 Å². The van der Waals surface area contributed by atoms with E-state index in [4.69, 9.17) is 0 Å². The maximum absolute atomic E-state index is 3.82. The minimum absolute atomic E-state index is 0.171. The van der Waals surface area contributed by atoms with E-state index < -0.39 is 0 Å². The Morgan fingerprint density at radius 1 is 0.667 bits per heavy atom. The lowest BCUT2D eigenvalue weighted by Crippen LogP contribution is -2.63. The van der Waals surface area contributed by atoms with Gasteiger partial charge in [0.1, 0.15) is 0 Å². The van der Waals surface area contributed by atoms with Crippen molar-refractivity contribution < 1.29 is 0 Å². The van der Waals surface area contributed by atoms with Crippen molar-refractivity contribution in [1.82, 2.24) is 10.6 Å². The molecule has 10 fully saturated rings. The van der Waals surface area contributed by atoms with Gasteiger partial charge in [0.05, 0.1) is 0 Å². The van der Waals surface area contributed by atoms with Crippen LogP contribution in [0.25, 0.3) is 0 Å². The molecule has 10 aliphatic rings. The van der Waals surface area contributed by atoms with Gasteiger partial charge < -0.3 is 10.6 Å². The fourth-order valence-corrected chi connectivity index (χ4v) is 21.8.